The van der Waals surface area contributed by atoms with E-state index in [0.717, 1.165) is 0 Å². The lowest BCUT2D eigenvalue weighted by atomic mass is 10.3. The molecule has 0 nitrogen and oxygen atoms in total. The molecule has 0 aromatic heterocycles. The predicted molar refractivity (Wildman–Crippen MR) is 25.2 cm³/mol. The fourth-order valence-electron chi connectivity index (χ4n) is 0.354. The van der Waals surface area contributed by atoms with Gasteiger partial charge in [0.25, 0.3) is 0 Å². The zero-order valence-corrected chi connectivity index (χ0v) is 6.66. The molecule has 40 valence electrons. The molecule has 0 aliphatic heterocycles. The summed E-state index contributed by atoms with van der Waals surface area (Å²) in [4.78, 5) is 0. The molecule has 0 unspecified atom stereocenters. The highest BCUT2D eigenvalue weighted by Gasteiger charge is 1.68. The molecule has 1 heteroatoms. The van der Waals surface area contributed by atoms with Gasteiger partial charge in [-0.05, 0) is 0 Å². The summed E-state index contributed by atoms with van der Waals surface area (Å²) >= 11 is 0. The second-order valence-electron chi connectivity index (χ2n) is 1.35. The maximum absolute atomic E-state index is 2.21. The number of halogens is 1. The third kappa shape index (κ3) is 8.83. The summed E-state index contributed by atoms with van der Waals surface area (Å²) in [5.41, 5.74) is 0. The van der Waals surface area contributed by atoms with Gasteiger partial charge in [-0.15, -0.1) is 0 Å². The van der Waals surface area contributed by atoms with Gasteiger partial charge >= 0.3 is 0 Å². The first-order valence-corrected chi connectivity index (χ1v) is 2.41. The van der Waals surface area contributed by atoms with Crippen molar-refractivity contribution in [2.24, 2.45) is 0 Å². The molecule has 0 N–H and O–H groups in total. The van der Waals surface area contributed by atoms with Gasteiger partial charge in [-0.1, -0.05) is 33.1 Å². The number of unbranched alkanes of at least 4 members (excludes halogenated alkanes) is 2. The number of hydrogen-bond acceptors (Lipinski definition) is 0. The second kappa shape index (κ2) is 9.21. The standard InChI is InChI=1S/C5H12.HI/c1-3-5-4-2;/h3-5H2,1-2H3;1H/p-1. The Bertz CT molecular complexity index is 11.4. The minimum absolute atomic E-state index is 0. The maximum Gasteiger partial charge on any atom is -0.0538 e. The number of rotatable bonds is 2. The fourth-order valence-corrected chi connectivity index (χ4v) is 0.354. The summed E-state index contributed by atoms with van der Waals surface area (Å²) in [5.74, 6) is 0. The van der Waals surface area contributed by atoms with Crippen molar-refractivity contribution in [2.75, 3.05) is 0 Å². The van der Waals surface area contributed by atoms with Gasteiger partial charge in [-0.2, -0.15) is 0 Å². The van der Waals surface area contributed by atoms with Crippen LogP contribution in [0.1, 0.15) is 33.1 Å². The smallest absolute Gasteiger partial charge is 0.0538 e. The molecule has 0 aromatic carbocycles. The van der Waals surface area contributed by atoms with Gasteiger partial charge in [-0.25, -0.2) is 0 Å². The lowest BCUT2D eigenvalue weighted by molar-refractivity contribution is -0.00000126. The van der Waals surface area contributed by atoms with Crippen LogP contribution in [0.2, 0.25) is 0 Å². The Morgan fingerprint density at radius 2 is 1.33 bits per heavy atom. The Balaban J connectivity index is 0. The first kappa shape index (κ1) is 9.88. The Kier molecular flexibility index (Phi) is 15.2. The lowest BCUT2D eigenvalue weighted by Gasteiger charge is -1.79. The summed E-state index contributed by atoms with van der Waals surface area (Å²) in [7, 11) is 0. The summed E-state index contributed by atoms with van der Waals surface area (Å²) in [6, 6.07) is 0. The van der Waals surface area contributed by atoms with Crippen LogP contribution in [-0.2, 0) is 0 Å². The van der Waals surface area contributed by atoms with Crippen LogP contribution in [0.15, 0.2) is 0 Å². The molecule has 0 spiro atoms. The highest BCUT2D eigenvalue weighted by molar-refractivity contribution is 4.24. The Labute approximate surface area is 57.3 Å². The zero-order chi connectivity index (χ0) is 4.12. The molecule has 0 heterocycles. The van der Waals surface area contributed by atoms with Gasteiger partial charge in [0.15, 0.2) is 0 Å². The molecule has 0 saturated heterocycles. The van der Waals surface area contributed by atoms with E-state index in [2.05, 4.69) is 13.8 Å². The zero-order valence-electron chi connectivity index (χ0n) is 4.50. The van der Waals surface area contributed by atoms with E-state index >= 15 is 0 Å². The lowest BCUT2D eigenvalue weighted by Crippen LogP contribution is -3.00. The third-order valence-corrected chi connectivity index (χ3v) is 0.707. The SMILES string of the molecule is CCCCC.[I-]. The van der Waals surface area contributed by atoms with E-state index in [0.29, 0.717) is 0 Å². The van der Waals surface area contributed by atoms with Gasteiger partial charge in [-0.3, -0.25) is 0 Å². The average Bonchev–Trinajstić information content (AvgIpc) is 1.41. The van der Waals surface area contributed by atoms with Crippen LogP contribution in [0, 0.1) is 0 Å². The van der Waals surface area contributed by atoms with E-state index < -0.39 is 0 Å². The number of hydrogen-bond donors (Lipinski definition) is 0. The first-order chi connectivity index (χ1) is 2.41. The molecule has 0 rings (SSSR count). The molecule has 0 saturated carbocycles. The van der Waals surface area contributed by atoms with E-state index in [1.165, 1.54) is 19.3 Å². The fraction of sp³-hybridized carbons (Fsp3) is 1.00. The molecule has 0 atom stereocenters. The summed E-state index contributed by atoms with van der Waals surface area (Å²) in [6.45, 7) is 4.42. The van der Waals surface area contributed by atoms with Gasteiger partial charge in [0.1, 0.15) is 0 Å². The van der Waals surface area contributed by atoms with Crippen molar-refractivity contribution in [3.63, 3.8) is 0 Å². The van der Waals surface area contributed by atoms with Crippen molar-refractivity contribution in [1.29, 1.82) is 0 Å². The van der Waals surface area contributed by atoms with Crippen molar-refractivity contribution >= 4 is 0 Å². The third-order valence-electron chi connectivity index (χ3n) is 0.707. The van der Waals surface area contributed by atoms with Gasteiger partial charge in [0.2, 0.25) is 0 Å². The second-order valence-corrected chi connectivity index (χ2v) is 1.35. The van der Waals surface area contributed by atoms with Gasteiger partial charge < -0.3 is 24.0 Å². The van der Waals surface area contributed by atoms with E-state index in [9.17, 15) is 0 Å². The van der Waals surface area contributed by atoms with Crippen molar-refractivity contribution in [2.45, 2.75) is 33.1 Å². The molecular formula is C5H12I-. The first-order valence-electron chi connectivity index (χ1n) is 2.41. The van der Waals surface area contributed by atoms with E-state index in [-0.39, 0.29) is 24.0 Å². The van der Waals surface area contributed by atoms with Crippen LogP contribution < -0.4 is 24.0 Å². The quantitative estimate of drug-likeness (QED) is 0.511. The van der Waals surface area contributed by atoms with Crippen molar-refractivity contribution < 1.29 is 24.0 Å². The van der Waals surface area contributed by atoms with Gasteiger partial charge in [0.05, 0.1) is 0 Å². The minimum Gasteiger partial charge on any atom is -1.00 e. The van der Waals surface area contributed by atoms with Crippen molar-refractivity contribution in [3.8, 4) is 0 Å². The normalized spacial score (nSPS) is 7.00. The largest absolute Gasteiger partial charge is 1.00 e. The van der Waals surface area contributed by atoms with Crippen molar-refractivity contribution in [1.82, 2.24) is 0 Å². The molecule has 0 amide bonds. The van der Waals surface area contributed by atoms with Crippen LogP contribution in [0.3, 0.4) is 0 Å². The van der Waals surface area contributed by atoms with E-state index in [4.69, 9.17) is 0 Å². The van der Waals surface area contributed by atoms with Crippen LogP contribution in [0.4, 0.5) is 0 Å². The molecule has 0 aliphatic rings. The molecular weight excluding hydrogens is 187 g/mol. The molecule has 0 radical (unpaired) electrons. The Morgan fingerprint density at radius 1 is 1.00 bits per heavy atom. The average molecular weight is 199 g/mol. The highest BCUT2D eigenvalue weighted by Crippen LogP contribution is 1.88. The maximum atomic E-state index is 2.21. The topological polar surface area (TPSA) is 0 Å². The summed E-state index contributed by atoms with van der Waals surface area (Å²) in [5, 5.41) is 0. The molecule has 0 bridgehead atoms. The van der Waals surface area contributed by atoms with Crippen LogP contribution in [-0.4, -0.2) is 0 Å². The summed E-state index contributed by atoms with van der Waals surface area (Å²) < 4.78 is 0. The van der Waals surface area contributed by atoms with Gasteiger partial charge in [0, 0.05) is 0 Å². The molecule has 6 heavy (non-hydrogen) atoms. The molecule has 0 aromatic rings. The van der Waals surface area contributed by atoms with E-state index in [1.807, 2.05) is 0 Å². The van der Waals surface area contributed by atoms with Crippen LogP contribution in [0.25, 0.3) is 0 Å². The Hall–Kier alpha value is 0.730. The highest BCUT2D eigenvalue weighted by atomic mass is 127. The van der Waals surface area contributed by atoms with E-state index in [1.54, 1.807) is 0 Å². The predicted octanol–water partition coefficient (Wildman–Crippen LogP) is -0.799. The van der Waals surface area contributed by atoms with Crippen molar-refractivity contribution in [3.05, 3.63) is 0 Å². The molecule has 0 aliphatic carbocycles. The monoisotopic (exact) mass is 199 g/mol. The van der Waals surface area contributed by atoms with Crippen LogP contribution >= 0.6 is 0 Å². The minimum atomic E-state index is 0. The molecule has 0 fully saturated rings. The Morgan fingerprint density at radius 3 is 1.33 bits per heavy atom. The van der Waals surface area contributed by atoms with Crippen LogP contribution in [0.5, 0.6) is 0 Å². The summed E-state index contributed by atoms with van der Waals surface area (Å²) in [6.07, 6.45) is 4.08.